The number of fused-ring (bicyclic) bond motifs is 1. The van der Waals surface area contributed by atoms with Crippen molar-refractivity contribution in [2.24, 2.45) is 0 Å². The lowest BCUT2D eigenvalue weighted by Gasteiger charge is -2.01. The van der Waals surface area contributed by atoms with Crippen LogP contribution < -0.4 is 0 Å². The molecule has 1 saturated carbocycles. The Labute approximate surface area is 127 Å². The summed E-state index contributed by atoms with van der Waals surface area (Å²) in [7, 11) is 0. The highest BCUT2D eigenvalue weighted by Crippen LogP contribution is 2.39. The Bertz CT molecular complexity index is 766. The van der Waals surface area contributed by atoms with Gasteiger partial charge < -0.3 is 0 Å². The first-order valence-corrected chi connectivity index (χ1v) is 8.09. The molecule has 1 aliphatic carbocycles. The van der Waals surface area contributed by atoms with Crippen molar-refractivity contribution in [1.82, 2.24) is 4.98 Å². The molecule has 1 aliphatic rings. The van der Waals surface area contributed by atoms with Crippen LogP contribution in [0.1, 0.15) is 39.7 Å². The van der Waals surface area contributed by atoms with Crippen molar-refractivity contribution in [3.63, 3.8) is 0 Å². The zero-order valence-corrected chi connectivity index (χ0v) is 12.4. The smallest absolute Gasteiger partial charge is 0.195 e. The molecule has 1 heterocycles. The summed E-state index contributed by atoms with van der Waals surface area (Å²) >= 11 is 1.48. The van der Waals surface area contributed by atoms with Gasteiger partial charge in [0.05, 0.1) is 10.2 Å². The van der Waals surface area contributed by atoms with Crippen molar-refractivity contribution in [1.29, 1.82) is 0 Å². The summed E-state index contributed by atoms with van der Waals surface area (Å²) in [5.41, 5.74) is 3.39. The normalized spacial score (nSPS) is 14.5. The van der Waals surface area contributed by atoms with Crippen molar-refractivity contribution in [3.05, 3.63) is 64.7 Å². The first-order valence-electron chi connectivity index (χ1n) is 7.27. The minimum atomic E-state index is 0.107. The maximum atomic E-state index is 12.4. The summed E-state index contributed by atoms with van der Waals surface area (Å²) in [6, 6.07) is 16.4. The van der Waals surface area contributed by atoms with Gasteiger partial charge in [0.1, 0.15) is 0 Å². The lowest BCUT2D eigenvalue weighted by molar-refractivity contribution is 0.0993. The molecule has 1 fully saturated rings. The summed E-state index contributed by atoms with van der Waals surface area (Å²) in [5, 5.41) is 0.613. The highest BCUT2D eigenvalue weighted by Gasteiger charge is 2.23. The topological polar surface area (TPSA) is 30.0 Å². The van der Waals surface area contributed by atoms with Crippen LogP contribution in [-0.4, -0.2) is 10.8 Å². The van der Waals surface area contributed by atoms with E-state index in [1.54, 1.807) is 0 Å². The van der Waals surface area contributed by atoms with E-state index in [1.807, 2.05) is 24.3 Å². The molecule has 21 heavy (non-hydrogen) atoms. The molecule has 0 N–H and O–H groups in total. The SMILES string of the molecule is O=C(Cc1ccc(C2CC2)cc1)c1nc2ccccc2s1. The van der Waals surface area contributed by atoms with Gasteiger partial charge in [-0.25, -0.2) is 4.98 Å². The third-order valence-corrected chi connectivity index (χ3v) is 5.00. The van der Waals surface area contributed by atoms with Crippen molar-refractivity contribution >= 4 is 27.3 Å². The molecule has 4 rings (SSSR count). The number of rotatable bonds is 4. The molecular formula is C18H15NOS. The van der Waals surface area contributed by atoms with E-state index in [0.717, 1.165) is 21.7 Å². The van der Waals surface area contributed by atoms with Crippen LogP contribution in [0.2, 0.25) is 0 Å². The average Bonchev–Trinajstić information content (AvgIpc) is 3.26. The monoisotopic (exact) mass is 293 g/mol. The van der Waals surface area contributed by atoms with Gasteiger partial charge in [-0.15, -0.1) is 11.3 Å². The van der Waals surface area contributed by atoms with Crippen molar-refractivity contribution in [2.75, 3.05) is 0 Å². The van der Waals surface area contributed by atoms with Gasteiger partial charge >= 0.3 is 0 Å². The van der Waals surface area contributed by atoms with Gasteiger partial charge in [0.15, 0.2) is 10.8 Å². The van der Waals surface area contributed by atoms with E-state index < -0.39 is 0 Å². The minimum Gasteiger partial charge on any atom is -0.291 e. The second kappa shape index (κ2) is 5.08. The molecule has 0 atom stereocenters. The number of para-hydroxylation sites is 1. The van der Waals surface area contributed by atoms with Gasteiger partial charge in [0, 0.05) is 6.42 Å². The third kappa shape index (κ3) is 2.61. The minimum absolute atomic E-state index is 0.107. The number of hydrogen-bond acceptors (Lipinski definition) is 3. The Morgan fingerprint density at radius 3 is 2.57 bits per heavy atom. The van der Waals surface area contributed by atoms with Gasteiger partial charge in [-0.2, -0.15) is 0 Å². The molecule has 0 aliphatic heterocycles. The molecule has 0 bridgehead atoms. The van der Waals surface area contributed by atoms with Gasteiger partial charge in [0.2, 0.25) is 0 Å². The van der Waals surface area contributed by atoms with Gasteiger partial charge in [-0.05, 0) is 42.0 Å². The second-order valence-electron chi connectivity index (χ2n) is 5.60. The van der Waals surface area contributed by atoms with E-state index in [2.05, 4.69) is 29.2 Å². The Hall–Kier alpha value is -2.00. The fraction of sp³-hybridized carbons (Fsp3) is 0.222. The number of aromatic nitrogens is 1. The van der Waals surface area contributed by atoms with Crippen LogP contribution in [0.25, 0.3) is 10.2 Å². The van der Waals surface area contributed by atoms with E-state index in [-0.39, 0.29) is 5.78 Å². The summed E-state index contributed by atoms with van der Waals surface area (Å²) in [4.78, 5) is 16.8. The lowest BCUT2D eigenvalue weighted by Crippen LogP contribution is -2.02. The zero-order valence-electron chi connectivity index (χ0n) is 11.6. The molecule has 0 unspecified atom stereocenters. The molecule has 0 spiro atoms. The van der Waals surface area contributed by atoms with Gasteiger partial charge in [-0.3, -0.25) is 4.79 Å². The fourth-order valence-electron chi connectivity index (χ4n) is 2.58. The molecule has 0 saturated heterocycles. The molecule has 2 nitrogen and oxygen atoms in total. The number of carbonyl (C=O) groups excluding carboxylic acids is 1. The van der Waals surface area contributed by atoms with Crippen LogP contribution in [0.15, 0.2) is 48.5 Å². The summed E-state index contributed by atoms with van der Waals surface area (Å²) in [6.07, 6.45) is 3.05. The van der Waals surface area contributed by atoms with Gasteiger partial charge in [0.25, 0.3) is 0 Å². The molecule has 104 valence electrons. The molecular weight excluding hydrogens is 278 g/mol. The predicted molar refractivity (Wildman–Crippen MR) is 86.1 cm³/mol. The van der Waals surface area contributed by atoms with Crippen LogP contribution in [-0.2, 0) is 6.42 Å². The number of nitrogens with zero attached hydrogens (tertiary/aromatic N) is 1. The first kappa shape index (κ1) is 12.7. The van der Waals surface area contributed by atoms with E-state index in [0.29, 0.717) is 11.4 Å². The van der Waals surface area contributed by atoms with Crippen LogP contribution >= 0.6 is 11.3 Å². The molecule has 1 aromatic heterocycles. The average molecular weight is 293 g/mol. The number of Topliss-reactive ketones (excluding diaryl/α,β-unsaturated/α-hetero) is 1. The van der Waals surface area contributed by atoms with Crippen molar-refractivity contribution in [3.8, 4) is 0 Å². The largest absolute Gasteiger partial charge is 0.291 e. The third-order valence-electron chi connectivity index (χ3n) is 3.93. The quantitative estimate of drug-likeness (QED) is 0.658. The maximum Gasteiger partial charge on any atom is 0.195 e. The van der Waals surface area contributed by atoms with E-state index >= 15 is 0 Å². The number of benzene rings is 2. The summed E-state index contributed by atoms with van der Waals surface area (Å²) in [5.74, 6) is 0.870. The number of thiazole rings is 1. The highest BCUT2D eigenvalue weighted by molar-refractivity contribution is 7.20. The number of hydrogen-bond donors (Lipinski definition) is 0. The molecule has 0 amide bonds. The van der Waals surface area contributed by atoms with Crippen molar-refractivity contribution in [2.45, 2.75) is 25.2 Å². The van der Waals surface area contributed by atoms with Crippen LogP contribution in [0, 0.1) is 0 Å². The number of ketones is 1. The maximum absolute atomic E-state index is 12.4. The van der Waals surface area contributed by atoms with Crippen LogP contribution in [0.3, 0.4) is 0 Å². The number of carbonyl (C=O) groups is 1. The summed E-state index contributed by atoms with van der Waals surface area (Å²) in [6.45, 7) is 0. The van der Waals surface area contributed by atoms with Crippen LogP contribution in [0.4, 0.5) is 0 Å². The van der Waals surface area contributed by atoms with Gasteiger partial charge in [-0.1, -0.05) is 36.4 Å². The van der Waals surface area contributed by atoms with E-state index in [1.165, 1.54) is 29.7 Å². The fourth-order valence-corrected chi connectivity index (χ4v) is 3.48. The second-order valence-corrected chi connectivity index (χ2v) is 6.63. The predicted octanol–water partition coefficient (Wildman–Crippen LogP) is 4.60. The Balaban J connectivity index is 1.54. The highest BCUT2D eigenvalue weighted by atomic mass is 32.1. The first-order chi connectivity index (χ1) is 10.3. The molecule has 2 aromatic carbocycles. The standard InChI is InChI=1S/C18H15NOS/c20-16(18-19-15-3-1-2-4-17(15)21-18)11-12-5-7-13(8-6-12)14-9-10-14/h1-8,14H,9-11H2. The van der Waals surface area contributed by atoms with E-state index in [4.69, 9.17) is 0 Å². The Kier molecular flexibility index (Phi) is 3.08. The van der Waals surface area contributed by atoms with Crippen molar-refractivity contribution < 1.29 is 4.79 Å². The van der Waals surface area contributed by atoms with E-state index in [9.17, 15) is 4.79 Å². The molecule has 0 radical (unpaired) electrons. The summed E-state index contributed by atoms with van der Waals surface area (Å²) < 4.78 is 1.07. The zero-order chi connectivity index (χ0) is 14.2. The van der Waals surface area contributed by atoms with Crippen LogP contribution in [0.5, 0.6) is 0 Å². The lowest BCUT2D eigenvalue weighted by atomic mass is 10.0. The molecule has 3 aromatic rings. The molecule has 3 heteroatoms. The Morgan fingerprint density at radius 2 is 1.86 bits per heavy atom. The Morgan fingerprint density at radius 1 is 1.10 bits per heavy atom.